The summed E-state index contributed by atoms with van der Waals surface area (Å²) >= 11 is 1.64. The lowest BCUT2D eigenvalue weighted by atomic mass is 10.2. The molecule has 0 radical (unpaired) electrons. The number of para-hydroxylation sites is 1. The third-order valence-electron chi connectivity index (χ3n) is 4.72. The monoisotopic (exact) mass is 392 g/mol. The van der Waals surface area contributed by atoms with E-state index in [0.29, 0.717) is 15.8 Å². The number of pyridine rings is 2. The Morgan fingerprint density at radius 2 is 1.71 bits per heavy atom. The van der Waals surface area contributed by atoms with E-state index in [4.69, 9.17) is 0 Å². The lowest BCUT2D eigenvalue weighted by Gasteiger charge is -2.12. The lowest BCUT2D eigenvalue weighted by molar-refractivity contribution is 0.0842. The van der Waals surface area contributed by atoms with Crippen LogP contribution in [-0.4, -0.2) is 27.0 Å². The Morgan fingerprint density at radius 1 is 0.929 bits per heavy atom. The number of aromatic nitrogens is 2. The van der Waals surface area contributed by atoms with Gasteiger partial charge in [0.05, 0.1) is 11.1 Å². The molecule has 142 valence electrons. The van der Waals surface area contributed by atoms with Crippen LogP contribution >= 0.6 is 11.8 Å². The fourth-order valence-electron chi connectivity index (χ4n) is 3.26. The summed E-state index contributed by atoms with van der Waals surface area (Å²) in [6.45, 7) is 0. The minimum absolute atomic E-state index is 0.241. The van der Waals surface area contributed by atoms with Crippen LogP contribution in [0.5, 0.6) is 0 Å². The minimum Gasteiger partial charge on any atom is -0.267 e. The Labute approximate surface area is 167 Å². The molecule has 2 heterocycles. The van der Waals surface area contributed by atoms with Gasteiger partial charge in [-0.15, -0.1) is 11.8 Å². The second-order valence-corrected chi connectivity index (χ2v) is 7.97. The lowest BCUT2D eigenvalue weighted by Crippen LogP contribution is -2.42. The van der Waals surface area contributed by atoms with Gasteiger partial charge in [0, 0.05) is 16.8 Å². The maximum Gasteiger partial charge on any atom is 0.288 e. The largest absolute Gasteiger partial charge is 0.288 e. The van der Waals surface area contributed by atoms with Crippen molar-refractivity contribution in [1.82, 2.24) is 20.8 Å². The molecule has 4 rings (SSSR count). The summed E-state index contributed by atoms with van der Waals surface area (Å²) < 4.78 is 0. The first-order valence-corrected chi connectivity index (χ1v) is 10.2. The molecule has 2 aromatic heterocycles. The number of hydrogen-bond acceptors (Lipinski definition) is 5. The SMILES string of the molecule is O=C(NNC(=O)c1cccnc1SC1CCCC1)c1ccc2ccccc2n1. The molecule has 2 amide bonds. The number of hydrogen-bond donors (Lipinski definition) is 2. The molecule has 0 unspecified atom stereocenters. The molecule has 6 nitrogen and oxygen atoms in total. The van der Waals surface area contributed by atoms with Gasteiger partial charge < -0.3 is 0 Å². The van der Waals surface area contributed by atoms with Crippen LogP contribution in [0.4, 0.5) is 0 Å². The van der Waals surface area contributed by atoms with Crippen molar-refractivity contribution >= 4 is 34.5 Å². The van der Waals surface area contributed by atoms with Crippen molar-refractivity contribution in [3.63, 3.8) is 0 Å². The molecule has 0 spiro atoms. The van der Waals surface area contributed by atoms with Gasteiger partial charge >= 0.3 is 0 Å². The van der Waals surface area contributed by atoms with E-state index in [1.165, 1.54) is 12.8 Å². The first-order chi connectivity index (χ1) is 13.7. The summed E-state index contributed by atoms with van der Waals surface area (Å²) in [5, 5.41) is 2.15. The number of nitrogens with zero attached hydrogens (tertiary/aromatic N) is 2. The average molecular weight is 392 g/mol. The molecule has 0 atom stereocenters. The van der Waals surface area contributed by atoms with Crippen LogP contribution in [-0.2, 0) is 0 Å². The molecule has 1 fully saturated rings. The summed E-state index contributed by atoms with van der Waals surface area (Å²) in [5.41, 5.74) is 6.35. The fourth-order valence-corrected chi connectivity index (χ4v) is 4.55. The standard InChI is InChI=1S/C21H20N4O2S/c26-19(16-9-5-13-22-21(16)28-15-7-2-3-8-15)24-25-20(27)18-12-11-14-6-1-4-10-17(14)23-18/h1,4-6,9-13,15H,2-3,7-8H2,(H,24,26)(H,25,27). The Bertz CT molecular complexity index is 1020. The van der Waals surface area contributed by atoms with Crippen LogP contribution in [0.2, 0.25) is 0 Å². The van der Waals surface area contributed by atoms with Gasteiger partial charge in [-0.1, -0.05) is 37.1 Å². The summed E-state index contributed by atoms with van der Waals surface area (Å²) in [7, 11) is 0. The van der Waals surface area contributed by atoms with Crippen LogP contribution in [0, 0.1) is 0 Å². The zero-order chi connectivity index (χ0) is 19.3. The summed E-state index contributed by atoms with van der Waals surface area (Å²) in [6, 6.07) is 14.5. The zero-order valence-electron chi connectivity index (χ0n) is 15.2. The zero-order valence-corrected chi connectivity index (χ0v) is 16.0. The molecular formula is C21H20N4O2S. The van der Waals surface area contributed by atoms with Crippen LogP contribution in [0.15, 0.2) is 59.8 Å². The van der Waals surface area contributed by atoms with Gasteiger partial charge in [0.15, 0.2) is 0 Å². The fraction of sp³-hybridized carbons (Fsp3) is 0.238. The Morgan fingerprint density at radius 3 is 2.57 bits per heavy atom. The number of amides is 2. The van der Waals surface area contributed by atoms with E-state index in [9.17, 15) is 9.59 Å². The first-order valence-electron chi connectivity index (χ1n) is 9.29. The number of hydrazine groups is 1. The molecule has 0 bridgehead atoms. The van der Waals surface area contributed by atoms with Crippen molar-refractivity contribution in [2.75, 3.05) is 0 Å². The molecule has 0 aliphatic heterocycles. The van der Waals surface area contributed by atoms with Crippen molar-refractivity contribution in [3.8, 4) is 0 Å². The number of carbonyl (C=O) groups is 2. The summed E-state index contributed by atoms with van der Waals surface area (Å²) in [4.78, 5) is 33.7. The van der Waals surface area contributed by atoms with Crippen LogP contribution in [0.1, 0.15) is 46.5 Å². The molecule has 3 aromatic rings. The van der Waals surface area contributed by atoms with Crippen LogP contribution < -0.4 is 10.9 Å². The highest BCUT2D eigenvalue weighted by atomic mass is 32.2. The van der Waals surface area contributed by atoms with E-state index in [2.05, 4.69) is 20.8 Å². The van der Waals surface area contributed by atoms with Crippen molar-refractivity contribution in [1.29, 1.82) is 0 Å². The highest BCUT2D eigenvalue weighted by molar-refractivity contribution is 7.99. The quantitative estimate of drug-likeness (QED) is 0.661. The van der Waals surface area contributed by atoms with Crippen molar-refractivity contribution < 1.29 is 9.59 Å². The Hall–Kier alpha value is -2.93. The number of fused-ring (bicyclic) bond motifs is 1. The number of nitrogens with one attached hydrogen (secondary N) is 2. The molecule has 7 heteroatoms. The maximum atomic E-state index is 12.6. The van der Waals surface area contributed by atoms with Gasteiger partial charge in [-0.05, 0) is 37.1 Å². The van der Waals surface area contributed by atoms with Gasteiger partial charge in [-0.3, -0.25) is 20.4 Å². The number of carbonyl (C=O) groups excluding carboxylic acids is 2. The highest BCUT2D eigenvalue weighted by Crippen LogP contribution is 2.35. The van der Waals surface area contributed by atoms with E-state index in [-0.39, 0.29) is 11.6 Å². The van der Waals surface area contributed by atoms with E-state index in [0.717, 1.165) is 23.7 Å². The predicted molar refractivity (Wildman–Crippen MR) is 109 cm³/mol. The molecule has 28 heavy (non-hydrogen) atoms. The van der Waals surface area contributed by atoms with E-state index in [1.54, 1.807) is 36.2 Å². The normalized spacial score (nSPS) is 14.1. The van der Waals surface area contributed by atoms with Crippen molar-refractivity contribution in [2.45, 2.75) is 36.0 Å². The van der Waals surface area contributed by atoms with Gasteiger partial charge in [-0.2, -0.15) is 0 Å². The molecule has 1 saturated carbocycles. The first kappa shape index (κ1) is 18.4. The van der Waals surface area contributed by atoms with Crippen LogP contribution in [0.3, 0.4) is 0 Å². The number of thioether (sulfide) groups is 1. The van der Waals surface area contributed by atoms with Gasteiger partial charge in [0.1, 0.15) is 10.7 Å². The van der Waals surface area contributed by atoms with E-state index >= 15 is 0 Å². The second-order valence-electron chi connectivity index (χ2n) is 6.68. The summed E-state index contributed by atoms with van der Waals surface area (Å²) in [6.07, 6.45) is 6.42. The predicted octanol–water partition coefficient (Wildman–Crippen LogP) is 3.74. The molecule has 1 aliphatic carbocycles. The van der Waals surface area contributed by atoms with Crippen molar-refractivity contribution in [2.24, 2.45) is 0 Å². The summed E-state index contributed by atoms with van der Waals surface area (Å²) in [5.74, 6) is -0.851. The number of benzene rings is 1. The Kier molecular flexibility index (Phi) is 5.53. The molecule has 0 saturated heterocycles. The van der Waals surface area contributed by atoms with Crippen LogP contribution in [0.25, 0.3) is 10.9 Å². The Balaban J connectivity index is 1.43. The third-order valence-corrected chi connectivity index (χ3v) is 6.07. The van der Waals surface area contributed by atoms with Gasteiger partial charge in [0.2, 0.25) is 0 Å². The smallest absolute Gasteiger partial charge is 0.267 e. The molecule has 1 aromatic carbocycles. The molecule has 1 aliphatic rings. The topological polar surface area (TPSA) is 84.0 Å². The van der Waals surface area contributed by atoms with Gasteiger partial charge in [-0.25, -0.2) is 9.97 Å². The number of rotatable bonds is 4. The van der Waals surface area contributed by atoms with Crippen molar-refractivity contribution in [3.05, 3.63) is 66.0 Å². The minimum atomic E-state index is -0.465. The van der Waals surface area contributed by atoms with E-state index in [1.807, 2.05) is 30.3 Å². The third kappa shape index (κ3) is 4.14. The second kappa shape index (κ2) is 8.39. The van der Waals surface area contributed by atoms with E-state index < -0.39 is 5.91 Å². The molecule has 2 N–H and O–H groups in total. The molecular weight excluding hydrogens is 372 g/mol. The average Bonchev–Trinajstić information content (AvgIpc) is 3.25. The van der Waals surface area contributed by atoms with Gasteiger partial charge in [0.25, 0.3) is 11.8 Å². The highest BCUT2D eigenvalue weighted by Gasteiger charge is 2.21. The maximum absolute atomic E-state index is 12.6.